The fourth-order valence-corrected chi connectivity index (χ4v) is 3.35. The standard InChI is InChI=1S/C12H16N4O3S/c1-16-8-14-11(13)12(16)20(18,19)15-10(7-17)9-5-3-2-4-6-9/h2-6,8,10,15,17H,7,13H2,1H3/t10-/m0/s1. The summed E-state index contributed by atoms with van der Waals surface area (Å²) < 4.78 is 28.4. The van der Waals surface area contributed by atoms with Crippen LogP contribution in [0.1, 0.15) is 11.6 Å². The molecular formula is C12H16N4O3S. The zero-order valence-corrected chi connectivity index (χ0v) is 11.7. The monoisotopic (exact) mass is 296 g/mol. The van der Waals surface area contributed by atoms with Gasteiger partial charge in [0.05, 0.1) is 19.0 Å². The van der Waals surface area contributed by atoms with Crippen LogP contribution in [-0.4, -0.2) is 29.7 Å². The van der Waals surface area contributed by atoms with Gasteiger partial charge in [0.15, 0.2) is 10.8 Å². The van der Waals surface area contributed by atoms with E-state index < -0.39 is 16.1 Å². The Morgan fingerprint density at radius 2 is 2.05 bits per heavy atom. The lowest BCUT2D eigenvalue weighted by Gasteiger charge is -2.17. The van der Waals surface area contributed by atoms with E-state index in [0.29, 0.717) is 5.56 Å². The van der Waals surface area contributed by atoms with Crippen LogP contribution in [-0.2, 0) is 17.1 Å². The second-order valence-corrected chi connectivity index (χ2v) is 5.94. The molecular weight excluding hydrogens is 280 g/mol. The molecule has 4 N–H and O–H groups in total. The number of rotatable bonds is 5. The zero-order valence-electron chi connectivity index (χ0n) is 10.9. The smallest absolute Gasteiger partial charge is 0.260 e. The van der Waals surface area contributed by atoms with Gasteiger partial charge >= 0.3 is 0 Å². The lowest BCUT2D eigenvalue weighted by molar-refractivity contribution is 0.258. The van der Waals surface area contributed by atoms with Crippen LogP contribution in [0, 0.1) is 0 Å². The van der Waals surface area contributed by atoms with Gasteiger partial charge in [0.25, 0.3) is 10.0 Å². The van der Waals surface area contributed by atoms with Crippen LogP contribution in [0.25, 0.3) is 0 Å². The van der Waals surface area contributed by atoms with Crippen LogP contribution in [0.15, 0.2) is 41.7 Å². The second kappa shape index (κ2) is 5.61. The summed E-state index contributed by atoms with van der Waals surface area (Å²) in [5.41, 5.74) is 6.24. The summed E-state index contributed by atoms with van der Waals surface area (Å²) >= 11 is 0. The molecule has 20 heavy (non-hydrogen) atoms. The van der Waals surface area contributed by atoms with Crippen molar-refractivity contribution < 1.29 is 13.5 Å². The maximum Gasteiger partial charge on any atom is 0.260 e. The molecule has 1 aromatic carbocycles. The second-order valence-electron chi connectivity index (χ2n) is 4.31. The predicted molar refractivity (Wildman–Crippen MR) is 74.2 cm³/mol. The number of aromatic nitrogens is 2. The van der Waals surface area contributed by atoms with Crippen molar-refractivity contribution in [1.82, 2.24) is 14.3 Å². The van der Waals surface area contributed by atoms with Crippen molar-refractivity contribution in [3.8, 4) is 0 Å². The van der Waals surface area contributed by atoms with E-state index in [1.807, 2.05) is 6.07 Å². The Labute approximate surface area is 117 Å². The number of nitrogens with two attached hydrogens (primary N) is 1. The maximum absolute atomic E-state index is 12.3. The average molecular weight is 296 g/mol. The molecule has 0 unspecified atom stereocenters. The summed E-state index contributed by atoms with van der Waals surface area (Å²) in [5, 5.41) is 9.28. The van der Waals surface area contributed by atoms with Crippen molar-refractivity contribution in [3.05, 3.63) is 42.2 Å². The summed E-state index contributed by atoms with van der Waals surface area (Å²) in [6.07, 6.45) is 1.32. The van der Waals surface area contributed by atoms with Crippen LogP contribution < -0.4 is 10.5 Å². The van der Waals surface area contributed by atoms with E-state index in [2.05, 4.69) is 9.71 Å². The number of nitrogen functional groups attached to an aromatic ring is 1. The van der Waals surface area contributed by atoms with E-state index in [-0.39, 0.29) is 17.5 Å². The predicted octanol–water partition coefficient (Wildman–Crippen LogP) is 0.0142. The summed E-state index contributed by atoms with van der Waals surface area (Å²) in [5.74, 6) is -0.0789. The number of imidazole rings is 1. The Balaban J connectivity index is 2.32. The maximum atomic E-state index is 12.3. The van der Waals surface area contributed by atoms with Gasteiger partial charge in [-0.3, -0.25) is 0 Å². The number of hydrogen-bond donors (Lipinski definition) is 3. The largest absolute Gasteiger partial charge is 0.394 e. The Morgan fingerprint density at radius 1 is 1.40 bits per heavy atom. The highest BCUT2D eigenvalue weighted by atomic mass is 32.2. The lowest BCUT2D eigenvalue weighted by atomic mass is 10.1. The van der Waals surface area contributed by atoms with Gasteiger partial charge < -0.3 is 15.4 Å². The Bertz CT molecular complexity index is 662. The number of anilines is 1. The summed E-state index contributed by atoms with van der Waals surface area (Å²) in [6, 6.07) is 8.07. The molecule has 0 aliphatic rings. The molecule has 0 radical (unpaired) electrons. The Morgan fingerprint density at radius 3 is 2.55 bits per heavy atom. The molecule has 1 heterocycles. The normalized spacial score (nSPS) is 13.3. The molecule has 0 amide bonds. The summed E-state index contributed by atoms with van der Waals surface area (Å²) in [4.78, 5) is 3.75. The van der Waals surface area contributed by atoms with E-state index in [9.17, 15) is 13.5 Å². The Hall–Kier alpha value is -1.90. The van der Waals surface area contributed by atoms with Crippen molar-refractivity contribution in [2.45, 2.75) is 11.1 Å². The molecule has 0 bridgehead atoms. The molecule has 8 heteroatoms. The van der Waals surface area contributed by atoms with Crippen molar-refractivity contribution in [2.75, 3.05) is 12.3 Å². The number of nitrogens with one attached hydrogen (secondary N) is 1. The first-order chi connectivity index (χ1) is 9.45. The van der Waals surface area contributed by atoms with E-state index >= 15 is 0 Å². The highest BCUT2D eigenvalue weighted by Crippen LogP contribution is 2.19. The molecule has 0 fully saturated rings. The van der Waals surface area contributed by atoms with E-state index in [1.165, 1.54) is 17.9 Å². The Kier molecular flexibility index (Phi) is 4.07. The van der Waals surface area contributed by atoms with Gasteiger partial charge in [0, 0.05) is 7.05 Å². The molecule has 1 atom stereocenters. The quantitative estimate of drug-likeness (QED) is 0.720. The van der Waals surface area contributed by atoms with Crippen molar-refractivity contribution >= 4 is 15.8 Å². The topological polar surface area (TPSA) is 110 Å². The van der Waals surface area contributed by atoms with Gasteiger partial charge in [-0.25, -0.2) is 13.4 Å². The summed E-state index contributed by atoms with van der Waals surface area (Å²) in [6.45, 7) is -0.360. The number of aliphatic hydroxyl groups excluding tert-OH is 1. The van der Waals surface area contributed by atoms with Crippen molar-refractivity contribution in [2.24, 2.45) is 7.05 Å². The first kappa shape index (κ1) is 14.5. The third kappa shape index (κ3) is 2.82. The molecule has 0 saturated heterocycles. The van der Waals surface area contributed by atoms with Gasteiger partial charge in [-0.2, -0.15) is 4.72 Å². The minimum absolute atomic E-state index is 0.0789. The molecule has 0 aliphatic heterocycles. The number of hydrogen-bond acceptors (Lipinski definition) is 5. The highest BCUT2D eigenvalue weighted by molar-refractivity contribution is 7.89. The third-order valence-electron chi connectivity index (χ3n) is 2.85. The van der Waals surface area contributed by atoms with Gasteiger partial charge in [0.2, 0.25) is 0 Å². The zero-order chi connectivity index (χ0) is 14.8. The van der Waals surface area contributed by atoms with E-state index in [0.717, 1.165) is 0 Å². The molecule has 2 rings (SSSR count). The lowest BCUT2D eigenvalue weighted by Crippen LogP contribution is -2.32. The van der Waals surface area contributed by atoms with Crippen LogP contribution in [0.3, 0.4) is 0 Å². The molecule has 7 nitrogen and oxygen atoms in total. The first-order valence-electron chi connectivity index (χ1n) is 5.90. The third-order valence-corrected chi connectivity index (χ3v) is 4.45. The molecule has 108 valence electrons. The molecule has 0 spiro atoms. The highest BCUT2D eigenvalue weighted by Gasteiger charge is 2.26. The van der Waals surface area contributed by atoms with Crippen molar-refractivity contribution in [3.63, 3.8) is 0 Å². The minimum atomic E-state index is -3.87. The molecule has 0 aliphatic carbocycles. The van der Waals surface area contributed by atoms with Gasteiger partial charge in [0.1, 0.15) is 0 Å². The van der Waals surface area contributed by atoms with Gasteiger partial charge in [-0.15, -0.1) is 0 Å². The van der Waals surface area contributed by atoms with Crippen LogP contribution in [0.2, 0.25) is 0 Å². The molecule has 2 aromatic rings. The van der Waals surface area contributed by atoms with Crippen LogP contribution >= 0.6 is 0 Å². The average Bonchev–Trinajstić information content (AvgIpc) is 2.77. The SMILES string of the molecule is Cn1cnc(N)c1S(=O)(=O)N[C@@H](CO)c1ccccc1. The fourth-order valence-electron chi connectivity index (χ4n) is 1.90. The van der Waals surface area contributed by atoms with E-state index in [4.69, 9.17) is 5.73 Å². The summed E-state index contributed by atoms with van der Waals surface area (Å²) in [7, 11) is -2.34. The van der Waals surface area contributed by atoms with Crippen molar-refractivity contribution in [1.29, 1.82) is 0 Å². The van der Waals surface area contributed by atoms with Crippen LogP contribution in [0.5, 0.6) is 0 Å². The molecule has 0 saturated carbocycles. The number of aliphatic hydroxyl groups is 1. The first-order valence-corrected chi connectivity index (χ1v) is 7.39. The number of aryl methyl sites for hydroxylation is 1. The molecule has 1 aromatic heterocycles. The fraction of sp³-hybridized carbons (Fsp3) is 0.250. The van der Waals surface area contributed by atoms with Gasteiger partial charge in [-0.1, -0.05) is 30.3 Å². The van der Waals surface area contributed by atoms with E-state index in [1.54, 1.807) is 24.3 Å². The number of nitrogens with zero attached hydrogens (tertiary/aromatic N) is 2. The number of benzene rings is 1. The minimum Gasteiger partial charge on any atom is -0.394 e. The van der Waals surface area contributed by atoms with Gasteiger partial charge in [-0.05, 0) is 5.56 Å². The number of sulfonamides is 1. The van der Waals surface area contributed by atoms with Crippen LogP contribution in [0.4, 0.5) is 5.82 Å².